The summed E-state index contributed by atoms with van der Waals surface area (Å²) in [5.41, 5.74) is 7.68. The highest BCUT2D eigenvalue weighted by molar-refractivity contribution is 6.24. The minimum atomic E-state index is -0.984. The van der Waals surface area contributed by atoms with Gasteiger partial charge >= 0.3 is 0 Å². The molecule has 1 unspecified atom stereocenters. The number of nitrogens with zero attached hydrogens (tertiary/aromatic N) is 6. The molecule has 2 aliphatic heterocycles. The molecular formula is C49H56N10O8. The molecule has 67 heavy (non-hydrogen) atoms. The Morgan fingerprint density at radius 2 is 1.64 bits per heavy atom. The van der Waals surface area contributed by atoms with Crippen LogP contribution in [0.15, 0.2) is 40.9 Å². The predicted molar refractivity (Wildman–Crippen MR) is 248 cm³/mol. The minimum Gasteiger partial charge on any atom is -0.381 e. The van der Waals surface area contributed by atoms with Crippen LogP contribution in [0.25, 0.3) is 33.1 Å². The number of piperidine rings is 1. The second-order valence-electron chi connectivity index (χ2n) is 17.6. The summed E-state index contributed by atoms with van der Waals surface area (Å²) in [5.74, 6) is 0.205. The Bertz CT molecular complexity index is 2870. The number of anilines is 2. The number of nitrogens with one attached hydrogen (secondary N) is 4. The Kier molecular flexibility index (Phi) is 13.3. The highest BCUT2D eigenvalue weighted by atomic mass is 16.5. The number of H-pyrrole nitrogens is 1. The van der Waals surface area contributed by atoms with Crippen LogP contribution >= 0.6 is 0 Å². The van der Waals surface area contributed by atoms with E-state index < -0.39 is 29.7 Å². The first-order chi connectivity index (χ1) is 32.5. The summed E-state index contributed by atoms with van der Waals surface area (Å²) in [6.07, 6.45) is 6.88. The number of ether oxygens (including phenoxy) is 2. The third kappa shape index (κ3) is 9.45. The van der Waals surface area contributed by atoms with Crippen LogP contribution in [0.5, 0.6) is 0 Å². The number of fused-ring (bicyclic) bond motifs is 4. The number of amides is 5. The molecule has 0 radical (unpaired) electrons. The van der Waals surface area contributed by atoms with Gasteiger partial charge in [-0.2, -0.15) is 5.10 Å². The van der Waals surface area contributed by atoms with Gasteiger partial charge < -0.3 is 29.6 Å². The number of hydrogen-bond donors (Lipinski definition) is 4. The van der Waals surface area contributed by atoms with Gasteiger partial charge in [-0.05, 0) is 120 Å². The quantitative estimate of drug-likeness (QED) is 0.0427. The summed E-state index contributed by atoms with van der Waals surface area (Å²) >= 11 is 0. The summed E-state index contributed by atoms with van der Waals surface area (Å²) in [4.78, 5) is 78.1. The fourth-order valence-electron chi connectivity index (χ4n) is 9.14. The Labute approximate surface area is 386 Å². The standard InChI is InChI=1S/C49H56N10O8/c1-5-58-38(26-35(56-58)30-15-16-30)52-44-42-34-24-27(2)33(40-28(3)57-67-29(40)4)25-36(34)51-43(42)54-45(55-44)47(62)50-19-11-23-66-22-9-8-21-65-20-7-6-12-31-13-10-14-32-41(31)49(64)59(48(32)63)37-17-18-39(60)53-46(37)61/h10,13-14,24-26,30,37H,5-9,11-12,15-23H2,1-4H3,(H,50,62)(H,53,60,61)(H2,51,52,54,55). The van der Waals surface area contributed by atoms with Crippen molar-refractivity contribution in [3.8, 4) is 11.1 Å². The van der Waals surface area contributed by atoms with E-state index in [0.717, 1.165) is 105 Å². The molecule has 4 N–H and O–H groups in total. The maximum absolute atomic E-state index is 13.6. The molecule has 0 spiro atoms. The van der Waals surface area contributed by atoms with Gasteiger partial charge in [-0.15, -0.1) is 0 Å². The van der Waals surface area contributed by atoms with Crippen LogP contribution < -0.4 is 16.0 Å². The summed E-state index contributed by atoms with van der Waals surface area (Å²) < 4.78 is 19.1. The molecule has 4 aromatic heterocycles. The fraction of sp³-hybridized carbons (Fsp3) is 0.449. The van der Waals surface area contributed by atoms with Crippen LogP contribution in [-0.2, 0) is 32.0 Å². The number of aromatic nitrogens is 6. The fourth-order valence-corrected chi connectivity index (χ4v) is 9.14. The highest BCUT2D eigenvalue weighted by Crippen LogP contribution is 2.41. The van der Waals surface area contributed by atoms with Gasteiger partial charge in [-0.3, -0.25) is 34.2 Å². The lowest BCUT2D eigenvalue weighted by atomic mass is 9.97. The van der Waals surface area contributed by atoms with Crippen LogP contribution in [0.1, 0.15) is 130 Å². The van der Waals surface area contributed by atoms with Crippen molar-refractivity contribution >= 4 is 63.1 Å². The molecule has 18 nitrogen and oxygen atoms in total. The first kappa shape index (κ1) is 45.4. The molecule has 2 fully saturated rings. The van der Waals surface area contributed by atoms with Gasteiger partial charge in [0.1, 0.15) is 29.1 Å². The van der Waals surface area contributed by atoms with E-state index in [9.17, 15) is 24.0 Å². The van der Waals surface area contributed by atoms with Gasteiger partial charge in [0.05, 0.1) is 27.9 Å². The smallest absolute Gasteiger partial charge is 0.289 e. The summed E-state index contributed by atoms with van der Waals surface area (Å²) in [6.45, 7) is 11.2. The number of carbonyl (C=O) groups is 5. The summed E-state index contributed by atoms with van der Waals surface area (Å²) in [5, 5.41) is 19.4. The second-order valence-corrected chi connectivity index (χ2v) is 17.6. The van der Waals surface area contributed by atoms with E-state index in [1.807, 2.05) is 24.6 Å². The molecule has 0 bridgehead atoms. The predicted octanol–water partition coefficient (Wildman–Crippen LogP) is 6.89. The Balaban J connectivity index is 0.723. The van der Waals surface area contributed by atoms with E-state index >= 15 is 0 Å². The van der Waals surface area contributed by atoms with Crippen LogP contribution in [-0.4, -0.2) is 103 Å². The summed E-state index contributed by atoms with van der Waals surface area (Å²) in [7, 11) is 0. The zero-order valence-electron chi connectivity index (χ0n) is 38.4. The number of hydrogen-bond acceptors (Lipinski definition) is 13. The number of imide groups is 2. The van der Waals surface area contributed by atoms with Gasteiger partial charge in [0.15, 0.2) is 0 Å². The largest absolute Gasteiger partial charge is 0.381 e. The monoisotopic (exact) mass is 912 g/mol. The lowest BCUT2D eigenvalue weighted by Crippen LogP contribution is -2.54. The van der Waals surface area contributed by atoms with Crippen molar-refractivity contribution in [1.82, 2.24) is 45.4 Å². The van der Waals surface area contributed by atoms with Crippen molar-refractivity contribution in [1.29, 1.82) is 0 Å². The molecule has 18 heteroatoms. The number of aromatic amines is 1. The normalized spacial score (nSPS) is 16.1. The van der Waals surface area contributed by atoms with Crippen molar-refractivity contribution in [3.63, 3.8) is 0 Å². The number of aryl methyl sites for hydroxylation is 5. The minimum absolute atomic E-state index is 0.0451. The van der Waals surface area contributed by atoms with Gasteiger partial charge in [-0.1, -0.05) is 17.3 Å². The van der Waals surface area contributed by atoms with Crippen molar-refractivity contribution in [2.45, 2.75) is 110 Å². The van der Waals surface area contributed by atoms with E-state index in [1.54, 1.807) is 12.1 Å². The van der Waals surface area contributed by atoms with Gasteiger partial charge in [0.2, 0.25) is 17.6 Å². The molecule has 350 valence electrons. The second kappa shape index (κ2) is 19.6. The lowest BCUT2D eigenvalue weighted by molar-refractivity contribution is -0.136. The maximum Gasteiger partial charge on any atom is 0.289 e. The van der Waals surface area contributed by atoms with E-state index in [0.29, 0.717) is 80.9 Å². The van der Waals surface area contributed by atoms with E-state index in [1.165, 1.54) is 0 Å². The van der Waals surface area contributed by atoms with Gasteiger partial charge in [-0.25, -0.2) is 14.6 Å². The molecule has 2 aromatic carbocycles. The first-order valence-corrected chi connectivity index (χ1v) is 23.4. The third-order valence-corrected chi connectivity index (χ3v) is 12.8. The Morgan fingerprint density at radius 3 is 2.36 bits per heavy atom. The van der Waals surface area contributed by atoms with Gasteiger partial charge in [0, 0.05) is 74.4 Å². The van der Waals surface area contributed by atoms with E-state index in [4.69, 9.17) is 29.1 Å². The molecule has 3 aliphatic rings. The highest BCUT2D eigenvalue weighted by Gasteiger charge is 2.45. The summed E-state index contributed by atoms with van der Waals surface area (Å²) in [6, 6.07) is 10.5. The average molecular weight is 913 g/mol. The number of rotatable bonds is 21. The van der Waals surface area contributed by atoms with Crippen LogP contribution in [0.3, 0.4) is 0 Å². The molecule has 9 rings (SSSR count). The Hall–Kier alpha value is -6.79. The van der Waals surface area contributed by atoms with E-state index in [2.05, 4.69) is 58.1 Å². The number of unbranched alkanes of at least 4 members (excludes halogenated alkanes) is 2. The molecular weight excluding hydrogens is 857 g/mol. The number of benzene rings is 2. The molecule has 1 atom stereocenters. The van der Waals surface area contributed by atoms with Crippen LogP contribution in [0.2, 0.25) is 0 Å². The van der Waals surface area contributed by atoms with Crippen molar-refractivity contribution < 1.29 is 38.0 Å². The third-order valence-electron chi connectivity index (χ3n) is 12.8. The van der Waals surface area contributed by atoms with Crippen LogP contribution in [0.4, 0.5) is 11.6 Å². The lowest BCUT2D eigenvalue weighted by Gasteiger charge is -2.27. The van der Waals surface area contributed by atoms with Gasteiger partial charge in [0.25, 0.3) is 17.7 Å². The zero-order chi connectivity index (χ0) is 46.8. The molecule has 1 aliphatic carbocycles. The molecule has 5 amide bonds. The SMILES string of the molecule is CCn1nc(C2CC2)cc1Nc1nc(C(=O)NCCCOCCCCOCCCCc2cccc3c2C(=O)N(C2CCC(=O)NC2=O)C3=O)nc2[nH]c3cc(-c4c(C)noc4C)c(C)cc3c12. The van der Waals surface area contributed by atoms with E-state index in [-0.39, 0.29) is 24.6 Å². The van der Waals surface area contributed by atoms with Crippen LogP contribution in [0, 0.1) is 20.8 Å². The van der Waals surface area contributed by atoms with Crippen molar-refractivity contribution in [3.05, 3.63) is 81.6 Å². The molecule has 1 saturated heterocycles. The topological polar surface area (TPSA) is 229 Å². The zero-order valence-corrected chi connectivity index (χ0v) is 38.4. The molecule has 6 heterocycles. The molecule has 1 saturated carbocycles. The Morgan fingerprint density at radius 1 is 0.881 bits per heavy atom. The molecule has 6 aromatic rings. The number of carbonyl (C=O) groups excluding carboxylic acids is 5. The van der Waals surface area contributed by atoms with Crippen molar-refractivity contribution in [2.24, 2.45) is 0 Å². The maximum atomic E-state index is 13.6. The average Bonchev–Trinajstić information content (AvgIpc) is 3.76. The first-order valence-electron chi connectivity index (χ1n) is 23.4. The van der Waals surface area contributed by atoms with Crippen molar-refractivity contribution in [2.75, 3.05) is 38.3 Å².